The highest BCUT2D eigenvalue weighted by Gasteiger charge is 2.37. The molecule has 4 rings (SSSR count). The van der Waals surface area contributed by atoms with Gasteiger partial charge in [-0.05, 0) is 105 Å². The average molecular weight is 576 g/mol. The summed E-state index contributed by atoms with van der Waals surface area (Å²) in [7, 11) is 0. The molecule has 1 fully saturated rings. The van der Waals surface area contributed by atoms with Crippen LogP contribution in [0.15, 0.2) is 54.1 Å². The van der Waals surface area contributed by atoms with Gasteiger partial charge in [-0.15, -0.1) is 0 Å². The lowest BCUT2D eigenvalue weighted by molar-refractivity contribution is -0.122. The number of aryl methyl sites for hydroxylation is 4. The SMILES string of the molecule is CCOc1cc(/C=C2/C(=O)NC(=O)N(c3ccc(C)c(C)c3)C2=O)cc(Cl)c1OCC(=O)Nc1ccc(C)c(C)c1. The van der Waals surface area contributed by atoms with Crippen molar-refractivity contribution >= 4 is 52.8 Å². The van der Waals surface area contributed by atoms with Gasteiger partial charge < -0.3 is 14.8 Å². The first-order valence-electron chi connectivity index (χ1n) is 12.9. The minimum absolute atomic E-state index is 0.104. The first-order valence-corrected chi connectivity index (χ1v) is 13.3. The molecule has 0 atom stereocenters. The largest absolute Gasteiger partial charge is 0.490 e. The number of imide groups is 2. The van der Waals surface area contributed by atoms with Crippen molar-refractivity contribution in [1.82, 2.24) is 5.32 Å². The lowest BCUT2D eigenvalue weighted by Gasteiger charge is -2.27. The van der Waals surface area contributed by atoms with Gasteiger partial charge in [0.25, 0.3) is 17.7 Å². The smallest absolute Gasteiger partial charge is 0.335 e. The fraction of sp³-hybridized carbons (Fsp3) is 0.226. The number of nitrogens with zero attached hydrogens (tertiary/aromatic N) is 1. The number of carbonyl (C=O) groups excluding carboxylic acids is 4. The molecule has 3 aromatic carbocycles. The summed E-state index contributed by atoms with van der Waals surface area (Å²) in [5.41, 5.74) is 5.11. The van der Waals surface area contributed by atoms with Gasteiger partial charge in [-0.2, -0.15) is 0 Å². The number of rotatable bonds is 8. The van der Waals surface area contributed by atoms with Crippen molar-refractivity contribution in [3.05, 3.63) is 86.9 Å². The van der Waals surface area contributed by atoms with Crippen molar-refractivity contribution in [2.24, 2.45) is 0 Å². The third kappa shape index (κ3) is 6.58. The summed E-state index contributed by atoms with van der Waals surface area (Å²) >= 11 is 6.51. The Hall–Kier alpha value is -4.63. The number of benzene rings is 3. The maximum atomic E-state index is 13.3. The number of hydrogen-bond acceptors (Lipinski definition) is 6. The Labute approximate surface area is 243 Å². The van der Waals surface area contributed by atoms with Gasteiger partial charge in [-0.3, -0.25) is 19.7 Å². The van der Waals surface area contributed by atoms with Crippen molar-refractivity contribution in [2.45, 2.75) is 34.6 Å². The molecule has 9 nitrogen and oxygen atoms in total. The number of amides is 5. The van der Waals surface area contributed by atoms with Crippen LogP contribution >= 0.6 is 11.6 Å². The highest BCUT2D eigenvalue weighted by molar-refractivity contribution is 6.39. The van der Waals surface area contributed by atoms with E-state index in [1.807, 2.05) is 39.8 Å². The molecule has 0 spiro atoms. The quantitative estimate of drug-likeness (QED) is 0.265. The second kappa shape index (κ2) is 12.3. The van der Waals surface area contributed by atoms with Crippen molar-refractivity contribution in [3.63, 3.8) is 0 Å². The summed E-state index contributed by atoms with van der Waals surface area (Å²) in [5.74, 6) is -1.65. The van der Waals surface area contributed by atoms with Crippen LogP contribution in [0, 0.1) is 27.7 Å². The van der Waals surface area contributed by atoms with E-state index < -0.39 is 23.8 Å². The van der Waals surface area contributed by atoms with Crippen molar-refractivity contribution < 1.29 is 28.7 Å². The van der Waals surface area contributed by atoms with E-state index in [2.05, 4.69) is 10.6 Å². The Kier molecular flexibility index (Phi) is 8.78. The van der Waals surface area contributed by atoms with Gasteiger partial charge >= 0.3 is 6.03 Å². The zero-order chi connectivity index (χ0) is 29.8. The first kappa shape index (κ1) is 29.4. The van der Waals surface area contributed by atoms with E-state index in [0.717, 1.165) is 27.2 Å². The molecular formula is C31H30ClN3O6. The molecule has 5 amide bonds. The van der Waals surface area contributed by atoms with Gasteiger partial charge in [0.2, 0.25) is 0 Å². The highest BCUT2D eigenvalue weighted by atomic mass is 35.5. The summed E-state index contributed by atoms with van der Waals surface area (Å²) in [6, 6.07) is 12.9. The Balaban J connectivity index is 1.58. The minimum atomic E-state index is -0.837. The number of anilines is 2. The van der Waals surface area contributed by atoms with Gasteiger partial charge in [0.05, 0.1) is 17.3 Å². The summed E-state index contributed by atoms with van der Waals surface area (Å²) < 4.78 is 11.4. The number of carbonyl (C=O) groups is 4. The van der Waals surface area contributed by atoms with E-state index in [1.54, 1.807) is 31.2 Å². The summed E-state index contributed by atoms with van der Waals surface area (Å²) in [5, 5.41) is 5.10. The van der Waals surface area contributed by atoms with Crippen LogP contribution in [-0.2, 0) is 14.4 Å². The molecule has 3 aromatic rings. The number of barbiturate groups is 1. The monoisotopic (exact) mass is 575 g/mol. The van der Waals surface area contributed by atoms with Crippen LogP contribution in [0.2, 0.25) is 5.02 Å². The van der Waals surface area contributed by atoms with Crippen LogP contribution in [0.5, 0.6) is 11.5 Å². The van der Waals surface area contributed by atoms with Crippen LogP contribution < -0.4 is 25.0 Å². The highest BCUT2D eigenvalue weighted by Crippen LogP contribution is 2.38. The molecule has 1 aliphatic heterocycles. The van der Waals surface area contributed by atoms with Crippen LogP contribution in [0.4, 0.5) is 16.2 Å². The topological polar surface area (TPSA) is 114 Å². The van der Waals surface area contributed by atoms with Crippen LogP contribution in [-0.4, -0.2) is 37.0 Å². The average Bonchev–Trinajstić information content (AvgIpc) is 2.90. The number of hydrogen-bond donors (Lipinski definition) is 2. The molecule has 212 valence electrons. The van der Waals surface area contributed by atoms with E-state index in [0.29, 0.717) is 16.9 Å². The van der Waals surface area contributed by atoms with Crippen molar-refractivity contribution in [2.75, 3.05) is 23.4 Å². The standard InChI is InChI=1S/C31H30ClN3O6/c1-6-40-26-15-21(14-25(32)28(26)41-16-27(36)33-22-9-7-17(2)19(4)11-22)13-24-29(37)34-31(39)35(30(24)38)23-10-8-18(3)20(5)12-23/h7-15H,6,16H2,1-5H3,(H,33,36)(H,34,37,39)/b24-13-. The number of nitrogens with one attached hydrogen (secondary N) is 2. The number of ether oxygens (including phenoxy) is 2. The van der Waals surface area contributed by atoms with Crippen molar-refractivity contribution in [1.29, 1.82) is 0 Å². The van der Waals surface area contributed by atoms with Gasteiger partial charge in [0.15, 0.2) is 18.1 Å². The molecule has 1 heterocycles. The molecule has 41 heavy (non-hydrogen) atoms. The first-order chi connectivity index (χ1) is 19.5. The molecule has 0 saturated carbocycles. The molecule has 10 heteroatoms. The third-order valence-electron chi connectivity index (χ3n) is 6.63. The van der Waals surface area contributed by atoms with Gasteiger partial charge in [-0.25, -0.2) is 9.69 Å². The lowest BCUT2D eigenvalue weighted by Crippen LogP contribution is -2.54. The van der Waals surface area contributed by atoms with Gasteiger partial charge in [0, 0.05) is 5.69 Å². The molecule has 1 aliphatic rings. The summed E-state index contributed by atoms with van der Waals surface area (Å²) in [4.78, 5) is 52.0. The Bertz CT molecular complexity index is 1600. The van der Waals surface area contributed by atoms with E-state index in [4.69, 9.17) is 21.1 Å². The van der Waals surface area contributed by atoms with E-state index >= 15 is 0 Å². The predicted molar refractivity (Wildman–Crippen MR) is 158 cm³/mol. The minimum Gasteiger partial charge on any atom is -0.490 e. The maximum Gasteiger partial charge on any atom is 0.335 e. The molecule has 2 N–H and O–H groups in total. The molecular weight excluding hydrogens is 546 g/mol. The third-order valence-corrected chi connectivity index (χ3v) is 6.91. The van der Waals surface area contributed by atoms with Crippen molar-refractivity contribution in [3.8, 4) is 11.5 Å². The second-order valence-electron chi connectivity index (χ2n) is 9.63. The molecule has 0 unspecified atom stereocenters. The Morgan fingerprint density at radius 2 is 1.61 bits per heavy atom. The second-order valence-corrected chi connectivity index (χ2v) is 10.0. The maximum absolute atomic E-state index is 13.3. The predicted octanol–water partition coefficient (Wildman–Crippen LogP) is 5.66. The molecule has 0 radical (unpaired) electrons. The number of urea groups is 1. The molecule has 0 aliphatic carbocycles. The fourth-order valence-electron chi connectivity index (χ4n) is 4.15. The normalized spacial score (nSPS) is 14.2. The number of halogens is 1. The summed E-state index contributed by atoms with van der Waals surface area (Å²) in [6.45, 7) is 9.41. The Morgan fingerprint density at radius 1 is 0.927 bits per heavy atom. The Morgan fingerprint density at radius 3 is 2.27 bits per heavy atom. The van der Waals surface area contributed by atoms with Crippen LogP contribution in [0.1, 0.15) is 34.7 Å². The zero-order valence-corrected chi connectivity index (χ0v) is 24.1. The van der Waals surface area contributed by atoms with Crippen LogP contribution in [0.3, 0.4) is 0 Å². The fourth-order valence-corrected chi connectivity index (χ4v) is 4.43. The van der Waals surface area contributed by atoms with E-state index in [1.165, 1.54) is 18.2 Å². The van der Waals surface area contributed by atoms with Gasteiger partial charge in [0.1, 0.15) is 5.57 Å². The van der Waals surface area contributed by atoms with E-state index in [9.17, 15) is 19.2 Å². The molecule has 0 aromatic heterocycles. The summed E-state index contributed by atoms with van der Waals surface area (Å²) in [6.07, 6.45) is 1.32. The molecule has 0 bridgehead atoms. The molecule has 1 saturated heterocycles. The van der Waals surface area contributed by atoms with E-state index in [-0.39, 0.29) is 35.3 Å². The van der Waals surface area contributed by atoms with Gasteiger partial charge in [-0.1, -0.05) is 23.7 Å². The zero-order valence-electron chi connectivity index (χ0n) is 23.4. The lowest BCUT2D eigenvalue weighted by atomic mass is 10.0. The van der Waals surface area contributed by atoms with Crippen LogP contribution in [0.25, 0.3) is 6.08 Å².